The third kappa shape index (κ3) is 5.81. The molecule has 0 aliphatic carbocycles. The Bertz CT molecular complexity index is 847. The molecule has 0 radical (unpaired) electrons. The number of ether oxygens (including phenoxy) is 1. The largest absolute Gasteiger partial charge is 0.497 e. The number of aromatic nitrogens is 3. The van der Waals surface area contributed by atoms with Crippen LogP contribution in [-0.2, 0) is 17.8 Å². The lowest BCUT2D eigenvalue weighted by Crippen LogP contribution is -2.44. The van der Waals surface area contributed by atoms with Crippen LogP contribution in [0.3, 0.4) is 0 Å². The molecule has 1 aromatic heterocycles. The molecule has 1 fully saturated rings. The van der Waals surface area contributed by atoms with Gasteiger partial charge < -0.3 is 15.0 Å². The Hall–Kier alpha value is -2.90. The van der Waals surface area contributed by atoms with Gasteiger partial charge in [-0.2, -0.15) is 0 Å². The Labute approximate surface area is 177 Å². The van der Waals surface area contributed by atoms with Gasteiger partial charge in [0.15, 0.2) is 5.69 Å². The summed E-state index contributed by atoms with van der Waals surface area (Å²) in [6.07, 6.45) is 6.00. The van der Waals surface area contributed by atoms with E-state index in [1.165, 1.54) is 0 Å². The number of benzene rings is 1. The molecular weight excluding hydrogens is 382 g/mol. The number of likely N-dealkylation sites (tertiary alicyclic amines) is 1. The van der Waals surface area contributed by atoms with E-state index in [1.54, 1.807) is 18.0 Å². The minimum absolute atomic E-state index is 0.0511. The number of carbonyl (C=O) groups excluding carboxylic acids is 2. The van der Waals surface area contributed by atoms with E-state index >= 15 is 0 Å². The van der Waals surface area contributed by atoms with Crippen LogP contribution in [0, 0.1) is 0 Å². The number of nitrogens with one attached hydrogen (secondary N) is 1. The normalized spacial score (nSPS) is 16.5. The molecule has 2 amide bonds. The molecule has 1 N–H and O–H groups in total. The van der Waals surface area contributed by atoms with E-state index in [4.69, 9.17) is 4.74 Å². The monoisotopic (exact) mass is 413 g/mol. The van der Waals surface area contributed by atoms with Crippen molar-refractivity contribution in [1.29, 1.82) is 0 Å². The Kier molecular flexibility index (Phi) is 7.43. The maximum Gasteiger partial charge on any atom is 0.273 e. The van der Waals surface area contributed by atoms with Crippen molar-refractivity contribution in [3.05, 3.63) is 41.7 Å². The molecule has 1 aromatic carbocycles. The van der Waals surface area contributed by atoms with E-state index in [-0.39, 0.29) is 23.9 Å². The zero-order valence-electron chi connectivity index (χ0n) is 18.0. The van der Waals surface area contributed by atoms with Crippen LogP contribution in [0.5, 0.6) is 5.75 Å². The van der Waals surface area contributed by atoms with Crippen molar-refractivity contribution in [2.45, 2.75) is 64.6 Å². The average molecular weight is 414 g/mol. The van der Waals surface area contributed by atoms with Gasteiger partial charge in [0.05, 0.1) is 19.7 Å². The van der Waals surface area contributed by atoms with Gasteiger partial charge in [-0.25, -0.2) is 0 Å². The summed E-state index contributed by atoms with van der Waals surface area (Å²) >= 11 is 0. The van der Waals surface area contributed by atoms with Gasteiger partial charge in [0.25, 0.3) is 5.91 Å². The highest BCUT2D eigenvalue weighted by Crippen LogP contribution is 2.22. The molecule has 162 valence electrons. The highest BCUT2D eigenvalue weighted by molar-refractivity contribution is 5.91. The molecule has 1 saturated heterocycles. The number of aryl methyl sites for hydroxylation is 1. The summed E-state index contributed by atoms with van der Waals surface area (Å²) in [5, 5.41) is 10.9. The lowest BCUT2D eigenvalue weighted by molar-refractivity contribution is -0.134. The lowest BCUT2D eigenvalue weighted by atomic mass is 9.98. The third-order valence-electron chi connectivity index (χ3n) is 5.34. The molecule has 0 bridgehead atoms. The van der Waals surface area contributed by atoms with Crippen LogP contribution in [0.4, 0.5) is 0 Å². The van der Waals surface area contributed by atoms with Gasteiger partial charge in [-0.3, -0.25) is 14.3 Å². The summed E-state index contributed by atoms with van der Waals surface area (Å²) < 4.78 is 6.87. The average Bonchev–Trinajstić information content (AvgIpc) is 3.22. The number of hydrogen-bond acceptors (Lipinski definition) is 5. The van der Waals surface area contributed by atoms with E-state index in [1.807, 2.05) is 43.0 Å². The molecule has 1 atom stereocenters. The highest BCUT2D eigenvalue weighted by atomic mass is 16.5. The molecule has 8 heteroatoms. The standard InChI is InChI=1S/C22H31N5O3/c1-16(2)23-22(29)20-15-26(25-24-20)13-11-18-6-4-5-12-27(18)21(28)14-17-7-9-19(30-3)10-8-17/h7-10,15-16,18H,4-6,11-14H2,1-3H3,(H,23,29). The van der Waals surface area contributed by atoms with Crippen molar-refractivity contribution in [3.63, 3.8) is 0 Å². The topological polar surface area (TPSA) is 89.4 Å². The fourth-order valence-electron chi connectivity index (χ4n) is 3.78. The summed E-state index contributed by atoms with van der Waals surface area (Å²) in [6.45, 7) is 5.23. The number of methoxy groups -OCH3 is 1. The first kappa shape index (κ1) is 21.8. The van der Waals surface area contributed by atoms with Crippen LogP contribution in [0.15, 0.2) is 30.5 Å². The van der Waals surface area contributed by atoms with Crippen molar-refractivity contribution in [2.75, 3.05) is 13.7 Å². The fraction of sp³-hybridized carbons (Fsp3) is 0.545. The van der Waals surface area contributed by atoms with Crippen molar-refractivity contribution >= 4 is 11.8 Å². The van der Waals surface area contributed by atoms with Crippen LogP contribution in [0.2, 0.25) is 0 Å². The first-order valence-corrected chi connectivity index (χ1v) is 10.6. The molecule has 1 aliphatic rings. The fourth-order valence-corrected chi connectivity index (χ4v) is 3.78. The SMILES string of the molecule is COc1ccc(CC(=O)N2CCCCC2CCn2cc(C(=O)NC(C)C)nn2)cc1. The predicted octanol–water partition coefficient (Wildman–Crippen LogP) is 2.44. The minimum Gasteiger partial charge on any atom is -0.497 e. The number of nitrogens with zero attached hydrogens (tertiary/aromatic N) is 4. The third-order valence-corrected chi connectivity index (χ3v) is 5.34. The van der Waals surface area contributed by atoms with Gasteiger partial charge in [-0.05, 0) is 57.2 Å². The molecule has 8 nitrogen and oxygen atoms in total. The highest BCUT2D eigenvalue weighted by Gasteiger charge is 2.26. The molecule has 2 aromatic rings. The predicted molar refractivity (Wildman–Crippen MR) is 113 cm³/mol. The van der Waals surface area contributed by atoms with Gasteiger partial charge >= 0.3 is 0 Å². The first-order chi connectivity index (χ1) is 14.5. The molecule has 0 spiro atoms. The second-order valence-electron chi connectivity index (χ2n) is 8.05. The van der Waals surface area contributed by atoms with E-state index in [2.05, 4.69) is 15.6 Å². The summed E-state index contributed by atoms with van der Waals surface area (Å²) in [6, 6.07) is 7.88. The quantitative estimate of drug-likeness (QED) is 0.718. The van der Waals surface area contributed by atoms with Gasteiger partial charge in [0.2, 0.25) is 5.91 Å². The van der Waals surface area contributed by atoms with Crippen molar-refractivity contribution in [1.82, 2.24) is 25.2 Å². The van der Waals surface area contributed by atoms with E-state index in [0.717, 1.165) is 43.5 Å². The van der Waals surface area contributed by atoms with Gasteiger partial charge in [-0.15, -0.1) is 5.10 Å². The Balaban J connectivity index is 1.57. The number of amides is 2. The maximum atomic E-state index is 12.9. The first-order valence-electron chi connectivity index (χ1n) is 10.6. The van der Waals surface area contributed by atoms with Gasteiger partial charge in [0, 0.05) is 25.2 Å². The number of piperidine rings is 1. The second-order valence-corrected chi connectivity index (χ2v) is 8.05. The smallest absolute Gasteiger partial charge is 0.273 e. The van der Waals surface area contributed by atoms with Crippen molar-refractivity contribution in [3.8, 4) is 5.75 Å². The summed E-state index contributed by atoms with van der Waals surface area (Å²) in [5.41, 5.74) is 1.31. The van der Waals surface area contributed by atoms with Gasteiger partial charge in [-0.1, -0.05) is 17.3 Å². The molecule has 3 rings (SSSR count). The zero-order chi connectivity index (χ0) is 21.5. The van der Waals surface area contributed by atoms with Crippen molar-refractivity contribution in [2.24, 2.45) is 0 Å². The molecule has 1 aliphatic heterocycles. The second kappa shape index (κ2) is 10.2. The minimum atomic E-state index is -0.217. The summed E-state index contributed by atoms with van der Waals surface area (Å²) in [7, 11) is 1.63. The molecule has 30 heavy (non-hydrogen) atoms. The zero-order valence-corrected chi connectivity index (χ0v) is 18.0. The van der Waals surface area contributed by atoms with Crippen LogP contribution in [-0.4, -0.2) is 57.4 Å². The van der Waals surface area contributed by atoms with Crippen molar-refractivity contribution < 1.29 is 14.3 Å². The lowest BCUT2D eigenvalue weighted by Gasteiger charge is -2.36. The van der Waals surface area contributed by atoms with Crippen LogP contribution < -0.4 is 10.1 Å². The van der Waals surface area contributed by atoms with Crippen LogP contribution in [0.25, 0.3) is 0 Å². The molecular formula is C22H31N5O3. The van der Waals surface area contributed by atoms with E-state index in [0.29, 0.717) is 18.7 Å². The van der Waals surface area contributed by atoms with Crippen LogP contribution >= 0.6 is 0 Å². The number of hydrogen-bond donors (Lipinski definition) is 1. The van der Waals surface area contributed by atoms with E-state index < -0.39 is 0 Å². The van der Waals surface area contributed by atoms with Crippen LogP contribution in [0.1, 0.15) is 55.6 Å². The van der Waals surface area contributed by atoms with E-state index in [9.17, 15) is 9.59 Å². The Morgan fingerprint density at radius 2 is 2.00 bits per heavy atom. The Morgan fingerprint density at radius 3 is 2.70 bits per heavy atom. The maximum absolute atomic E-state index is 12.9. The summed E-state index contributed by atoms with van der Waals surface area (Å²) in [4.78, 5) is 27.0. The number of carbonyl (C=O) groups is 2. The summed E-state index contributed by atoms with van der Waals surface area (Å²) in [5.74, 6) is 0.724. The van der Waals surface area contributed by atoms with Gasteiger partial charge in [0.1, 0.15) is 5.75 Å². The molecule has 0 saturated carbocycles. The number of rotatable bonds is 8. The molecule has 2 heterocycles. The Morgan fingerprint density at radius 1 is 1.23 bits per heavy atom. The molecule has 1 unspecified atom stereocenters.